The number of rotatable bonds is 3. The molecule has 6 nitrogen and oxygen atoms in total. The second-order valence-electron chi connectivity index (χ2n) is 4.31. The van der Waals surface area contributed by atoms with Gasteiger partial charge < -0.3 is 10.4 Å². The van der Waals surface area contributed by atoms with Gasteiger partial charge in [-0.25, -0.2) is 13.2 Å². The van der Waals surface area contributed by atoms with Crippen molar-refractivity contribution in [2.24, 2.45) is 0 Å². The summed E-state index contributed by atoms with van der Waals surface area (Å²) in [6.07, 6.45) is 1.56. The van der Waals surface area contributed by atoms with Crippen molar-refractivity contribution >= 4 is 38.1 Å². The van der Waals surface area contributed by atoms with Crippen molar-refractivity contribution in [1.29, 1.82) is 0 Å². The second-order valence-corrected chi connectivity index (χ2v) is 7.53. The van der Waals surface area contributed by atoms with E-state index < -0.39 is 27.0 Å². The maximum Gasteiger partial charge on any atom is 0.338 e. The Hall–Kier alpha value is -1.41. The van der Waals surface area contributed by atoms with E-state index in [-0.39, 0.29) is 16.3 Å². The summed E-state index contributed by atoms with van der Waals surface area (Å²) in [7, 11) is -3.41. The fourth-order valence-electron chi connectivity index (χ4n) is 2.02. The zero-order chi connectivity index (χ0) is 14.0. The van der Waals surface area contributed by atoms with Crippen LogP contribution in [0.25, 0.3) is 0 Å². The summed E-state index contributed by atoms with van der Waals surface area (Å²) >= 11 is 1.06. The van der Waals surface area contributed by atoms with Crippen molar-refractivity contribution in [1.82, 2.24) is 0 Å². The van der Waals surface area contributed by atoms with E-state index in [9.17, 15) is 18.0 Å². The van der Waals surface area contributed by atoms with Gasteiger partial charge in [-0.1, -0.05) is 6.42 Å². The minimum absolute atomic E-state index is 0.0152. The Kier molecular flexibility index (Phi) is 3.91. The largest absolute Gasteiger partial charge is 0.478 e. The number of aromatic carboxylic acids is 1. The van der Waals surface area contributed by atoms with Gasteiger partial charge in [0.2, 0.25) is 5.91 Å². The number of anilines is 1. The average Bonchev–Trinajstić information content (AvgIpc) is 2.76. The number of nitrogens with one attached hydrogen (secondary N) is 1. The van der Waals surface area contributed by atoms with Gasteiger partial charge in [0.15, 0.2) is 9.84 Å². The van der Waals surface area contributed by atoms with Crippen molar-refractivity contribution in [2.75, 3.05) is 11.1 Å². The number of hydrogen-bond donors (Lipinski definition) is 2. The van der Waals surface area contributed by atoms with Crippen LogP contribution in [0.2, 0.25) is 0 Å². The van der Waals surface area contributed by atoms with Crippen LogP contribution in [0.15, 0.2) is 11.4 Å². The van der Waals surface area contributed by atoms with Gasteiger partial charge in [0.25, 0.3) is 0 Å². The first-order valence-electron chi connectivity index (χ1n) is 5.75. The molecule has 1 aliphatic heterocycles. The Labute approximate surface area is 114 Å². The summed E-state index contributed by atoms with van der Waals surface area (Å²) < 4.78 is 23.6. The minimum Gasteiger partial charge on any atom is -0.478 e. The van der Waals surface area contributed by atoms with Gasteiger partial charge in [-0.2, -0.15) is 0 Å². The van der Waals surface area contributed by atoms with Gasteiger partial charge in [-0.3, -0.25) is 4.79 Å². The van der Waals surface area contributed by atoms with Crippen molar-refractivity contribution in [3.05, 3.63) is 17.0 Å². The molecule has 1 aliphatic rings. The van der Waals surface area contributed by atoms with Gasteiger partial charge in [0.1, 0.15) is 10.3 Å². The molecule has 1 aromatic rings. The predicted octanol–water partition coefficient (Wildman–Crippen LogP) is 1.35. The van der Waals surface area contributed by atoms with E-state index in [0.717, 1.165) is 11.3 Å². The van der Waals surface area contributed by atoms with Crippen LogP contribution in [0.5, 0.6) is 0 Å². The van der Waals surface area contributed by atoms with E-state index in [1.165, 1.54) is 11.4 Å². The second kappa shape index (κ2) is 5.30. The number of thiophene rings is 1. The standard InChI is InChI=1S/C11H13NO5S2/c13-9(8-3-1-2-6-19(8,16)17)12-10-7(11(14)15)4-5-18-10/h4-5,8H,1-3,6H2,(H,12,13)(H,14,15). The molecule has 1 saturated heterocycles. The third-order valence-electron chi connectivity index (χ3n) is 3.00. The molecule has 1 aromatic heterocycles. The topological polar surface area (TPSA) is 101 Å². The van der Waals surface area contributed by atoms with E-state index in [2.05, 4.69) is 5.32 Å². The number of carboxylic acid groups (broad SMARTS) is 1. The molecular formula is C11H13NO5S2. The van der Waals surface area contributed by atoms with Crippen LogP contribution < -0.4 is 5.32 Å². The highest BCUT2D eigenvalue weighted by Gasteiger charge is 2.35. The first kappa shape index (κ1) is 14.0. The molecule has 2 heterocycles. The number of hydrogen-bond acceptors (Lipinski definition) is 5. The highest BCUT2D eigenvalue weighted by molar-refractivity contribution is 7.92. The number of amides is 1. The monoisotopic (exact) mass is 303 g/mol. The van der Waals surface area contributed by atoms with Gasteiger partial charge in [-0.15, -0.1) is 11.3 Å². The molecular weight excluding hydrogens is 290 g/mol. The fraction of sp³-hybridized carbons (Fsp3) is 0.455. The molecule has 0 saturated carbocycles. The van der Waals surface area contributed by atoms with E-state index in [1.54, 1.807) is 0 Å². The molecule has 1 amide bonds. The minimum atomic E-state index is -3.41. The van der Waals surface area contributed by atoms with Gasteiger partial charge in [-0.05, 0) is 24.3 Å². The Morgan fingerprint density at radius 3 is 2.74 bits per heavy atom. The fourth-order valence-corrected chi connectivity index (χ4v) is 4.60. The normalized spacial score (nSPS) is 21.8. The summed E-state index contributed by atoms with van der Waals surface area (Å²) in [5.74, 6) is -1.77. The molecule has 2 rings (SSSR count). The Morgan fingerprint density at radius 2 is 2.11 bits per heavy atom. The molecule has 19 heavy (non-hydrogen) atoms. The predicted molar refractivity (Wildman–Crippen MR) is 71.3 cm³/mol. The highest BCUT2D eigenvalue weighted by atomic mass is 32.2. The third kappa shape index (κ3) is 2.95. The Morgan fingerprint density at radius 1 is 1.37 bits per heavy atom. The van der Waals surface area contributed by atoms with Crippen molar-refractivity contribution < 1.29 is 23.1 Å². The molecule has 104 valence electrons. The lowest BCUT2D eigenvalue weighted by atomic mass is 10.2. The lowest BCUT2D eigenvalue weighted by Gasteiger charge is -2.21. The van der Waals surface area contributed by atoms with Crippen LogP contribution in [0, 0.1) is 0 Å². The van der Waals surface area contributed by atoms with E-state index >= 15 is 0 Å². The molecule has 0 aliphatic carbocycles. The molecule has 1 unspecified atom stereocenters. The van der Waals surface area contributed by atoms with Crippen LogP contribution in [0.3, 0.4) is 0 Å². The maximum absolute atomic E-state index is 12.0. The summed E-state index contributed by atoms with van der Waals surface area (Å²) in [6.45, 7) is 0. The van der Waals surface area contributed by atoms with Crippen LogP contribution in [0.1, 0.15) is 29.6 Å². The molecule has 8 heteroatoms. The summed E-state index contributed by atoms with van der Waals surface area (Å²) in [5, 5.41) is 12.0. The number of carbonyl (C=O) groups is 2. The maximum atomic E-state index is 12.0. The molecule has 2 N–H and O–H groups in total. The third-order valence-corrected chi connectivity index (χ3v) is 6.01. The van der Waals surface area contributed by atoms with E-state index in [4.69, 9.17) is 5.11 Å². The van der Waals surface area contributed by atoms with Crippen LogP contribution >= 0.6 is 11.3 Å². The van der Waals surface area contributed by atoms with Crippen molar-refractivity contribution in [2.45, 2.75) is 24.5 Å². The Bertz CT molecular complexity index is 604. The van der Waals surface area contributed by atoms with Gasteiger partial charge >= 0.3 is 5.97 Å². The lowest BCUT2D eigenvalue weighted by Crippen LogP contribution is -2.39. The quantitative estimate of drug-likeness (QED) is 0.878. The summed E-state index contributed by atoms with van der Waals surface area (Å²) in [4.78, 5) is 22.9. The summed E-state index contributed by atoms with van der Waals surface area (Å²) in [6, 6.07) is 1.37. The van der Waals surface area contributed by atoms with Crippen molar-refractivity contribution in [3.63, 3.8) is 0 Å². The van der Waals surface area contributed by atoms with E-state index in [0.29, 0.717) is 19.3 Å². The van der Waals surface area contributed by atoms with Gasteiger partial charge in [0.05, 0.1) is 11.3 Å². The lowest BCUT2D eigenvalue weighted by molar-refractivity contribution is -0.116. The summed E-state index contributed by atoms with van der Waals surface area (Å²) in [5.41, 5.74) is -0.0217. The zero-order valence-electron chi connectivity index (χ0n) is 9.96. The van der Waals surface area contributed by atoms with Crippen molar-refractivity contribution in [3.8, 4) is 0 Å². The van der Waals surface area contributed by atoms with Crippen LogP contribution in [-0.4, -0.2) is 36.4 Å². The SMILES string of the molecule is O=C(O)c1ccsc1NC(=O)C1CCCCS1(=O)=O. The molecule has 0 aromatic carbocycles. The smallest absolute Gasteiger partial charge is 0.338 e. The average molecular weight is 303 g/mol. The van der Waals surface area contributed by atoms with E-state index in [1.807, 2.05) is 0 Å². The first-order chi connectivity index (χ1) is 8.92. The number of sulfone groups is 1. The van der Waals surface area contributed by atoms with Crippen LogP contribution in [0.4, 0.5) is 5.00 Å². The van der Waals surface area contributed by atoms with Gasteiger partial charge in [0, 0.05) is 0 Å². The van der Waals surface area contributed by atoms with Crippen LogP contribution in [-0.2, 0) is 14.6 Å². The Balaban J connectivity index is 2.17. The number of carbonyl (C=O) groups excluding carboxylic acids is 1. The molecule has 0 bridgehead atoms. The zero-order valence-corrected chi connectivity index (χ0v) is 11.6. The number of carboxylic acids is 1. The first-order valence-corrected chi connectivity index (χ1v) is 8.34. The molecule has 1 atom stereocenters. The highest BCUT2D eigenvalue weighted by Crippen LogP contribution is 2.26. The molecule has 1 fully saturated rings. The molecule has 0 spiro atoms. The molecule has 0 radical (unpaired) electrons.